The lowest BCUT2D eigenvalue weighted by Gasteiger charge is -2.10. The number of benzene rings is 2. The summed E-state index contributed by atoms with van der Waals surface area (Å²) < 4.78 is 29.4. The highest BCUT2D eigenvalue weighted by molar-refractivity contribution is 7.89. The molecule has 4 aromatic rings. The van der Waals surface area contributed by atoms with Gasteiger partial charge in [0.15, 0.2) is 5.82 Å². The Kier molecular flexibility index (Phi) is 5.24. The van der Waals surface area contributed by atoms with Gasteiger partial charge in [-0.2, -0.15) is 5.10 Å². The Balaban J connectivity index is 1.39. The van der Waals surface area contributed by atoms with Crippen LogP contribution in [0.4, 0.5) is 5.82 Å². The van der Waals surface area contributed by atoms with E-state index in [2.05, 4.69) is 25.1 Å². The van der Waals surface area contributed by atoms with Crippen molar-refractivity contribution in [1.82, 2.24) is 24.5 Å². The topological polar surface area (TPSA) is 102 Å². The Labute approximate surface area is 168 Å². The fourth-order valence-electron chi connectivity index (χ4n) is 2.96. The number of hydrogen-bond acceptors (Lipinski definition) is 6. The minimum atomic E-state index is -3.59. The number of sulfonamides is 1. The summed E-state index contributed by atoms with van der Waals surface area (Å²) in [6, 6.07) is 16.3. The molecule has 8 nitrogen and oxygen atoms in total. The molecular weight excluding hydrogens is 388 g/mol. The minimum absolute atomic E-state index is 0.218. The van der Waals surface area contributed by atoms with Gasteiger partial charge in [0, 0.05) is 31.5 Å². The van der Waals surface area contributed by atoms with Crippen molar-refractivity contribution in [2.75, 3.05) is 18.4 Å². The van der Waals surface area contributed by atoms with Crippen LogP contribution in [-0.2, 0) is 10.0 Å². The van der Waals surface area contributed by atoms with Gasteiger partial charge in [-0.1, -0.05) is 30.3 Å². The van der Waals surface area contributed by atoms with Crippen LogP contribution in [0, 0.1) is 6.92 Å². The number of nitrogens with one attached hydrogen (secondary N) is 2. The van der Waals surface area contributed by atoms with Crippen molar-refractivity contribution < 1.29 is 8.42 Å². The van der Waals surface area contributed by atoms with Crippen LogP contribution in [0.15, 0.2) is 71.9 Å². The second-order valence-electron chi connectivity index (χ2n) is 6.44. The minimum Gasteiger partial charge on any atom is -0.369 e. The van der Waals surface area contributed by atoms with Gasteiger partial charge in [0.25, 0.3) is 0 Å². The van der Waals surface area contributed by atoms with Crippen molar-refractivity contribution in [3.8, 4) is 5.82 Å². The first-order valence-corrected chi connectivity index (χ1v) is 10.6. The highest BCUT2D eigenvalue weighted by atomic mass is 32.2. The molecule has 0 saturated heterocycles. The second-order valence-corrected chi connectivity index (χ2v) is 8.21. The van der Waals surface area contributed by atoms with Crippen LogP contribution in [-0.4, -0.2) is 41.3 Å². The summed E-state index contributed by atoms with van der Waals surface area (Å²) in [5.74, 6) is 1.84. The maximum Gasteiger partial charge on any atom is 0.240 e. The van der Waals surface area contributed by atoms with E-state index < -0.39 is 10.0 Å². The highest BCUT2D eigenvalue weighted by Crippen LogP contribution is 2.18. The largest absolute Gasteiger partial charge is 0.369 e. The molecular formula is C20H20N6O2S. The number of aryl methyl sites for hydroxylation is 1. The lowest BCUT2D eigenvalue weighted by atomic mass is 10.1. The summed E-state index contributed by atoms with van der Waals surface area (Å²) in [5.41, 5.74) is 0. The van der Waals surface area contributed by atoms with E-state index in [-0.39, 0.29) is 11.4 Å². The molecule has 0 aliphatic rings. The summed E-state index contributed by atoms with van der Waals surface area (Å²) in [6.07, 6.45) is 3.47. The molecule has 9 heteroatoms. The molecule has 0 atom stereocenters. The molecule has 0 fully saturated rings. The maximum absolute atomic E-state index is 12.6. The fraction of sp³-hybridized carbons (Fsp3) is 0.150. The smallest absolute Gasteiger partial charge is 0.240 e. The number of hydrogen-bond donors (Lipinski definition) is 2. The van der Waals surface area contributed by atoms with E-state index in [1.54, 1.807) is 42.2 Å². The quantitative estimate of drug-likeness (QED) is 0.456. The molecule has 2 aromatic heterocycles. The van der Waals surface area contributed by atoms with Crippen LogP contribution in [0.2, 0.25) is 0 Å². The van der Waals surface area contributed by atoms with Gasteiger partial charge in [0.2, 0.25) is 10.0 Å². The number of aromatic nitrogens is 4. The van der Waals surface area contributed by atoms with Gasteiger partial charge in [-0.15, -0.1) is 0 Å². The molecule has 2 heterocycles. The predicted molar refractivity (Wildman–Crippen MR) is 112 cm³/mol. The number of rotatable bonds is 7. The lowest BCUT2D eigenvalue weighted by molar-refractivity contribution is 0.583. The van der Waals surface area contributed by atoms with E-state index in [0.29, 0.717) is 24.0 Å². The third-order valence-corrected chi connectivity index (χ3v) is 5.78. The van der Waals surface area contributed by atoms with Crippen molar-refractivity contribution in [2.45, 2.75) is 11.8 Å². The van der Waals surface area contributed by atoms with E-state index in [1.807, 2.05) is 36.4 Å². The van der Waals surface area contributed by atoms with Crippen molar-refractivity contribution in [1.29, 1.82) is 0 Å². The third-order valence-electron chi connectivity index (χ3n) is 4.32. The Bertz CT molecular complexity index is 1240. The number of fused-ring (bicyclic) bond motifs is 1. The first-order valence-electron chi connectivity index (χ1n) is 9.09. The molecule has 0 saturated carbocycles. The Hall–Kier alpha value is -3.30. The Morgan fingerprint density at radius 1 is 0.966 bits per heavy atom. The molecule has 0 aliphatic heterocycles. The molecule has 0 amide bonds. The van der Waals surface area contributed by atoms with Gasteiger partial charge in [0.05, 0.1) is 4.90 Å². The van der Waals surface area contributed by atoms with E-state index in [4.69, 9.17) is 0 Å². The monoisotopic (exact) mass is 408 g/mol. The standard InChI is InChI=1S/C20H20N6O2S/c1-15-24-19(14-20(25-15)26-12-4-9-22-26)21-10-11-23-29(27,28)18-8-7-16-5-2-3-6-17(16)13-18/h2-9,12-14,23H,10-11H2,1H3,(H,21,24,25). The summed E-state index contributed by atoms with van der Waals surface area (Å²) in [4.78, 5) is 8.92. The first-order chi connectivity index (χ1) is 14.0. The zero-order valence-electron chi connectivity index (χ0n) is 15.8. The van der Waals surface area contributed by atoms with Crippen LogP contribution >= 0.6 is 0 Å². The average molecular weight is 408 g/mol. The lowest BCUT2D eigenvalue weighted by Crippen LogP contribution is -2.29. The first kappa shape index (κ1) is 19.0. The molecule has 0 unspecified atom stereocenters. The van der Waals surface area contributed by atoms with E-state index in [9.17, 15) is 8.42 Å². The second kappa shape index (κ2) is 7.98. The Morgan fingerprint density at radius 2 is 1.79 bits per heavy atom. The van der Waals surface area contributed by atoms with Crippen LogP contribution in [0.25, 0.3) is 16.6 Å². The molecule has 0 bridgehead atoms. The summed E-state index contributed by atoms with van der Waals surface area (Å²) in [7, 11) is -3.59. The molecule has 0 aliphatic carbocycles. The van der Waals surface area contributed by atoms with E-state index in [0.717, 1.165) is 10.8 Å². The van der Waals surface area contributed by atoms with Gasteiger partial charge in [-0.3, -0.25) is 0 Å². The SMILES string of the molecule is Cc1nc(NCCNS(=O)(=O)c2ccc3ccccc3c2)cc(-n2cccn2)n1. The van der Waals surface area contributed by atoms with Gasteiger partial charge >= 0.3 is 0 Å². The number of nitrogens with zero attached hydrogens (tertiary/aromatic N) is 4. The molecule has 2 N–H and O–H groups in total. The van der Waals surface area contributed by atoms with Crippen molar-refractivity contribution >= 4 is 26.6 Å². The van der Waals surface area contributed by atoms with Crippen molar-refractivity contribution in [3.63, 3.8) is 0 Å². The van der Waals surface area contributed by atoms with Crippen molar-refractivity contribution in [2.24, 2.45) is 0 Å². The van der Waals surface area contributed by atoms with Gasteiger partial charge in [-0.05, 0) is 35.9 Å². The molecule has 0 radical (unpaired) electrons. The van der Waals surface area contributed by atoms with E-state index >= 15 is 0 Å². The Morgan fingerprint density at radius 3 is 2.59 bits per heavy atom. The summed E-state index contributed by atoms with van der Waals surface area (Å²) in [5, 5.41) is 9.17. The molecule has 2 aromatic carbocycles. The zero-order valence-corrected chi connectivity index (χ0v) is 16.6. The predicted octanol–water partition coefficient (Wildman–Crippen LogP) is 2.51. The van der Waals surface area contributed by atoms with Crippen LogP contribution in [0.3, 0.4) is 0 Å². The van der Waals surface area contributed by atoms with Crippen LogP contribution < -0.4 is 10.0 Å². The zero-order chi connectivity index (χ0) is 20.3. The number of anilines is 1. The summed E-state index contributed by atoms with van der Waals surface area (Å²) in [6.45, 7) is 2.39. The maximum atomic E-state index is 12.6. The highest BCUT2D eigenvalue weighted by Gasteiger charge is 2.13. The molecule has 4 rings (SSSR count). The molecule has 148 valence electrons. The summed E-state index contributed by atoms with van der Waals surface area (Å²) >= 11 is 0. The van der Waals surface area contributed by atoms with Gasteiger partial charge in [0.1, 0.15) is 11.6 Å². The van der Waals surface area contributed by atoms with Crippen LogP contribution in [0.5, 0.6) is 0 Å². The van der Waals surface area contributed by atoms with Crippen LogP contribution in [0.1, 0.15) is 5.82 Å². The van der Waals surface area contributed by atoms with E-state index in [1.165, 1.54) is 0 Å². The van der Waals surface area contributed by atoms with Crippen molar-refractivity contribution in [3.05, 3.63) is 72.8 Å². The fourth-order valence-corrected chi connectivity index (χ4v) is 4.02. The van der Waals surface area contributed by atoms with Gasteiger partial charge < -0.3 is 5.32 Å². The molecule has 29 heavy (non-hydrogen) atoms. The average Bonchev–Trinajstić information content (AvgIpc) is 3.25. The van der Waals surface area contributed by atoms with Gasteiger partial charge in [-0.25, -0.2) is 27.8 Å². The third kappa shape index (κ3) is 4.41. The normalized spacial score (nSPS) is 11.6. The molecule has 0 spiro atoms.